The van der Waals surface area contributed by atoms with Crippen LogP contribution in [0.5, 0.6) is 5.75 Å². The molecule has 0 aromatic heterocycles. The molecule has 0 bridgehead atoms. The molecule has 1 N–H and O–H groups in total. The molecule has 23 heavy (non-hydrogen) atoms. The molecule has 0 heterocycles. The van der Waals surface area contributed by atoms with Gasteiger partial charge in [-0.2, -0.15) is 0 Å². The second-order valence-electron chi connectivity index (χ2n) is 5.94. The molecule has 0 saturated carbocycles. The summed E-state index contributed by atoms with van der Waals surface area (Å²) in [6.07, 6.45) is 0. The predicted octanol–water partition coefficient (Wildman–Crippen LogP) is 3.38. The summed E-state index contributed by atoms with van der Waals surface area (Å²) >= 11 is 0. The van der Waals surface area contributed by atoms with Gasteiger partial charge in [-0.3, -0.25) is 9.69 Å². The van der Waals surface area contributed by atoms with Gasteiger partial charge in [-0.05, 0) is 61.9 Å². The van der Waals surface area contributed by atoms with Crippen molar-refractivity contribution >= 4 is 11.6 Å². The Bertz CT molecular complexity index is 645. The van der Waals surface area contributed by atoms with Crippen LogP contribution in [0.3, 0.4) is 0 Å². The third kappa shape index (κ3) is 5.42. The van der Waals surface area contributed by atoms with Crippen molar-refractivity contribution in [3.05, 3.63) is 59.2 Å². The van der Waals surface area contributed by atoms with Crippen molar-refractivity contribution in [1.29, 1.82) is 0 Å². The summed E-state index contributed by atoms with van der Waals surface area (Å²) < 4.78 is 5.15. The number of nitrogens with one attached hydrogen (secondary N) is 1. The topological polar surface area (TPSA) is 41.6 Å². The zero-order chi connectivity index (χ0) is 16.8. The van der Waals surface area contributed by atoms with Crippen LogP contribution in [0.1, 0.15) is 16.7 Å². The van der Waals surface area contributed by atoms with Crippen molar-refractivity contribution in [2.75, 3.05) is 26.0 Å². The van der Waals surface area contributed by atoms with Crippen molar-refractivity contribution in [1.82, 2.24) is 4.90 Å². The van der Waals surface area contributed by atoms with E-state index >= 15 is 0 Å². The number of methoxy groups -OCH3 is 1. The lowest BCUT2D eigenvalue weighted by Gasteiger charge is -2.17. The van der Waals surface area contributed by atoms with Gasteiger partial charge < -0.3 is 10.1 Å². The number of carbonyl (C=O) groups is 1. The summed E-state index contributed by atoms with van der Waals surface area (Å²) in [6.45, 7) is 5.11. The SMILES string of the molecule is COc1ccc(CN(C)CC(=O)Nc2cc(C)cc(C)c2)cc1. The average Bonchev–Trinajstić information content (AvgIpc) is 2.46. The Morgan fingerprint density at radius 1 is 1.09 bits per heavy atom. The van der Waals surface area contributed by atoms with Crippen LogP contribution in [0.4, 0.5) is 5.69 Å². The number of hydrogen-bond acceptors (Lipinski definition) is 3. The van der Waals surface area contributed by atoms with Gasteiger partial charge in [-0.15, -0.1) is 0 Å². The lowest BCUT2D eigenvalue weighted by atomic mass is 10.1. The smallest absolute Gasteiger partial charge is 0.238 e. The monoisotopic (exact) mass is 312 g/mol. The van der Waals surface area contributed by atoms with Crippen LogP contribution in [-0.4, -0.2) is 31.5 Å². The molecule has 0 spiro atoms. The van der Waals surface area contributed by atoms with E-state index in [4.69, 9.17) is 4.74 Å². The van der Waals surface area contributed by atoms with Gasteiger partial charge in [0.25, 0.3) is 0 Å². The number of likely N-dealkylation sites (N-methyl/N-ethyl adjacent to an activating group) is 1. The molecule has 122 valence electrons. The highest BCUT2D eigenvalue weighted by molar-refractivity contribution is 5.92. The van der Waals surface area contributed by atoms with E-state index in [0.29, 0.717) is 13.1 Å². The summed E-state index contributed by atoms with van der Waals surface area (Å²) in [4.78, 5) is 14.1. The number of carbonyl (C=O) groups excluding carboxylic acids is 1. The zero-order valence-electron chi connectivity index (χ0n) is 14.2. The minimum absolute atomic E-state index is 0.00832. The number of nitrogens with zero attached hydrogens (tertiary/aromatic N) is 1. The second-order valence-corrected chi connectivity index (χ2v) is 5.94. The van der Waals surface area contributed by atoms with Gasteiger partial charge in [-0.1, -0.05) is 18.2 Å². The summed E-state index contributed by atoms with van der Waals surface area (Å²) in [7, 11) is 3.59. The predicted molar refractivity (Wildman–Crippen MR) is 93.9 cm³/mol. The Kier molecular flexibility index (Phi) is 5.77. The van der Waals surface area contributed by atoms with Crippen LogP contribution in [-0.2, 0) is 11.3 Å². The van der Waals surface area contributed by atoms with Gasteiger partial charge in [0.2, 0.25) is 5.91 Å². The molecule has 0 aliphatic rings. The van der Waals surface area contributed by atoms with Crippen LogP contribution in [0.2, 0.25) is 0 Å². The van der Waals surface area contributed by atoms with Crippen molar-refractivity contribution in [2.24, 2.45) is 0 Å². The minimum atomic E-state index is -0.00832. The molecule has 0 aliphatic heterocycles. The van der Waals surface area contributed by atoms with Gasteiger partial charge >= 0.3 is 0 Å². The molecule has 1 amide bonds. The lowest BCUT2D eigenvalue weighted by Crippen LogP contribution is -2.29. The van der Waals surface area contributed by atoms with Crippen LogP contribution >= 0.6 is 0 Å². The zero-order valence-corrected chi connectivity index (χ0v) is 14.2. The molecule has 4 heteroatoms. The number of amides is 1. The highest BCUT2D eigenvalue weighted by atomic mass is 16.5. The molecule has 2 aromatic carbocycles. The Morgan fingerprint density at radius 3 is 2.26 bits per heavy atom. The molecule has 2 aromatic rings. The lowest BCUT2D eigenvalue weighted by molar-refractivity contribution is -0.117. The van der Waals surface area contributed by atoms with Crippen molar-refractivity contribution in [2.45, 2.75) is 20.4 Å². The number of rotatable bonds is 6. The Labute approximate surface area is 138 Å². The summed E-state index contributed by atoms with van der Waals surface area (Å²) in [5, 5.41) is 2.96. The fourth-order valence-corrected chi connectivity index (χ4v) is 2.59. The first-order valence-corrected chi connectivity index (χ1v) is 7.66. The van der Waals surface area contributed by atoms with Gasteiger partial charge in [0.15, 0.2) is 0 Å². The standard InChI is InChI=1S/C19H24N2O2/c1-14-9-15(2)11-17(10-14)20-19(22)13-21(3)12-16-5-7-18(23-4)8-6-16/h5-11H,12-13H2,1-4H3,(H,20,22). The normalized spacial score (nSPS) is 10.7. The summed E-state index contributed by atoms with van der Waals surface area (Å²) in [5.74, 6) is 0.829. The average molecular weight is 312 g/mol. The van der Waals surface area contributed by atoms with E-state index in [0.717, 1.165) is 28.1 Å². The molecule has 2 rings (SSSR count). The number of hydrogen-bond donors (Lipinski definition) is 1. The summed E-state index contributed by atoms with van der Waals surface area (Å²) in [6, 6.07) is 13.9. The van der Waals surface area contributed by atoms with Gasteiger partial charge in [-0.25, -0.2) is 0 Å². The molecule has 0 saturated heterocycles. The highest BCUT2D eigenvalue weighted by Gasteiger charge is 2.08. The minimum Gasteiger partial charge on any atom is -0.497 e. The first-order chi connectivity index (χ1) is 11.0. The molecule has 0 radical (unpaired) electrons. The van der Waals surface area contributed by atoms with Crippen molar-refractivity contribution in [3.8, 4) is 5.75 Å². The molecular weight excluding hydrogens is 288 g/mol. The molecular formula is C19H24N2O2. The van der Waals surface area contributed by atoms with Crippen LogP contribution in [0.15, 0.2) is 42.5 Å². The highest BCUT2D eigenvalue weighted by Crippen LogP contribution is 2.14. The fourth-order valence-electron chi connectivity index (χ4n) is 2.59. The number of ether oxygens (including phenoxy) is 1. The number of aryl methyl sites for hydroxylation is 2. The molecule has 4 nitrogen and oxygen atoms in total. The van der Waals surface area contributed by atoms with Gasteiger partial charge in [0.1, 0.15) is 5.75 Å². The molecule has 0 unspecified atom stereocenters. The number of benzene rings is 2. The maximum absolute atomic E-state index is 12.2. The summed E-state index contributed by atoms with van der Waals surface area (Å²) in [5.41, 5.74) is 4.29. The van der Waals surface area contributed by atoms with Crippen molar-refractivity contribution < 1.29 is 9.53 Å². The van der Waals surface area contributed by atoms with E-state index in [-0.39, 0.29) is 5.91 Å². The first kappa shape index (κ1) is 17.0. The van der Waals surface area contributed by atoms with E-state index < -0.39 is 0 Å². The Morgan fingerprint density at radius 2 is 1.70 bits per heavy atom. The van der Waals surface area contributed by atoms with E-state index in [9.17, 15) is 4.79 Å². The van der Waals surface area contributed by atoms with E-state index in [1.807, 2.05) is 62.2 Å². The molecule has 0 atom stereocenters. The Hall–Kier alpha value is -2.33. The number of anilines is 1. The van der Waals surface area contributed by atoms with Crippen molar-refractivity contribution in [3.63, 3.8) is 0 Å². The van der Waals surface area contributed by atoms with Crippen LogP contribution in [0, 0.1) is 13.8 Å². The molecule has 0 aliphatic carbocycles. The van der Waals surface area contributed by atoms with Crippen LogP contribution < -0.4 is 10.1 Å². The Balaban J connectivity index is 1.88. The maximum atomic E-state index is 12.2. The molecule has 0 fully saturated rings. The fraction of sp³-hybridized carbons (Fsp3) is 0.316. The van der Waals surface area contributed by atoms with E-state index in [1.54, 1.807) is 7.11 Å². The largest absolute Gasteiger partial charge is 0.497 e. The second kappa shape index (κ2) is 7.79. The van der Waals surface area contributed by atoms with Gasteiger partial charge in [0, 0.05) is 12.2 Å². The van der Waals surface area contributed by atoms with E-state index in [2.05, 4.69) is 11.4 Å². The first-order valence-electron chi connectivity index (χ1n) is 7.66. The quantitative estimate of drug-likeness (QED) is 0.889. The maximum Gasteiger partial charge on any atom is 0.238 e. The third-order valence-corrected chi connectivity index (χ3v) is 3.53. The van der Waals surface area contributed by atoms with Crippen LogP contribution in [0.25, 0.3) is 0 Å². The van der Waals surface area contributed by atoms with E-state index in [1.165, 1.54) is 0 Å². The third-order valence-electron chi connectivity index (χ3n) is 3.53. The van der Waals surface area contributed by atoms with Gasteiger partial charge in [0.05, 0.1) is 13.7 Å².